The molecule has 0 fully saturated rings. The Morgan fingerprint density at radius 1 is 1.00 bits per heavy atom. The lowest BCUT2D eigenvalue weighted by Crippen LogP contribution is -2.05. The van der Waals surface area contributed by atoms with Crippen molar-refractivity contribution in [3.05, 3.63) is 47.6 Å². The number of hydrogen-bond acceptors (Lipinski definition) is 3. The molecule has 0 saturated carbocycles. The Kier molecular flexibility index (Phi) is 2.85. The van der Waals surface area contributed by atoms with Crippen molar-refractivity contribution in [1.82, 2.24) is 0 Å². The third kappa shape index (κ3) is 2.14. The number of aromatic nitrogens is 1. The van der Waals surface area contributed by atoms with Gasteiger partial charge in [-0.3, -0.25) is 5.73 Å². The van der Waals surface area contributed by atoms with Crippen LogP contribution in [0.3, 0.4) is 0 Å². The lowest BCUT2D eigenvalue weighted by Gasteiger charge is -1.95. The minimum absolute atomic E-state index is 0.213. The third-order valence-corrected chi connectivity index (χ3v) is 4.44. The summed E-state index contributed by atoms with van der Waals surface area (Å²) in [5.74, 6) is -0.213. The molecule has 0 aliphatic heterocycles. The SMILES string of the molecule is Nc1[nH+]c(-c2ccc(-c3ccc(F)cc3)s2)cs1. The number of hydrogen-bond donors (Lipinski definition) is 1. The van der Waals surface area contributed by atoms with Crippen LogP contribution in [0.1, 0.15) is 0 Å². The molecule has 0 radical (unpaired) electrons. The first-order chi connectivity index (χ1) is 8.72. The molecule has 3 aromatic rings. The molecule has 2 aromatic heterocycles. The summed E-state index contributed by atoms with van der Waals surface area (Å²) < 4.78 is 12.9. The smallest absolute Gasteiger partial charge is 0.278 e. The van der Waals surface area contributed by atoms with E-state index in [9.17, 15) is 4.39 Å². The Labute approximate surface area is 112 Å². The van der Waals surface area contributed by atoms with E-state index >= 15 is 0 Å². The van der Waals surface area contributed by atoms with Gasteiger partial charge in [0.1, 0.15) is 5.82 Å². The molecular weight excluding hydrogens is 267 g/mol. The fourth-order valence-corrected chi connectivity index (χ4v) is 3.34. The van der Waals surface area contributed by atoms with Crippen LogP contribution >= 0.6 is 22.7 Å². The van der Waals surface area contributed by atoms with Gasteiger partial charge in [0.25, 0.3) is 0 Å². The molecule has 0 saturated heterocycles. The quantitative estimate of drug-likeness (QED) is 0.762. The number of nitrogen functional groups attached to an aromatic ring is 1. The summed E-state index contributed by atoms with van der Waals surface area (Å²) >= 11 is 3.14. The van der Waals surface area contributed by atoms with Crippen LogP contribution in [0.2, 0.25) is 0 Å². The maximum atomic E-state index is 12.9. The summed E-state index contributed by atoms with van der Waals surface area (Å²) in [5.41, 5.74) is 7.72. The van der Waals surface area contributed by atoms with Crippen LogP contribution in [-0.4, -0.2) is 0 Å². The second kappa shape index (κ2) is 4.51. The topological polar surface area (TPSA) is 40.2 Å². The maximum Gasteiger partial charge on any atom is 0.329 e. The number of thiazole rings is 1. The fourth-order valence-electron chi connectivity index (χ4n) is 1.69. The van der Waals surface area contributed by atoms with Crippen LogP contribution in [0.4, 0.5) is 9.52 Å². The summed E-state index contributed by atoms with van der Waals surface area (Å²) in [5, 5.41) is 2.69. The number of benzene rings is 1. The van der Waals surface area contributed by atoms with Crippen LogP contribution < -0.4 is 10.7 Å². The third-order valence-electron chi connectivity index (χ3n) is 2.56. The van der Waals surface area contributed by atoms with Gasteiger partial charge in [0.05, 0.1) is 4.88 Å². The lowest BCUT2D eigenvalue weighted by atomic mass is 10.2. The van der Waals surface area contributed by atoms with E-state index in [4.69, 9.17) is 5.73 Å². The highest BCUT2D eigenvalue weighted by Gasteiger charge is 2.10. The molecule has 1 aromatic carbocycles. The molecule has 0 aliphatic carbocycles. The van der Waals surface area contributed by atoms with Gasteiger partial charge in [-0.15, -0.1) is 11.3 Å². The van der Waals surface area contributed by atoms with E-state index in [1.807, 2.05) is 17.5 Å². The van der Waals surface area contributed by atoms with Crippen molar-refractivity contribution in [1.29, 1.82) is 0 Å². The Morgan fingerprint density at radius 3 is 2.39 bits per heavy atom. The molecule has 0 atom stereocenters. The molecule has 3 N–H and O–H groups in total. The van der Waals surface area contributed by atoms with Gasteiger partial charge >= 0.3 is 5.13 Å². The summed E-state index contributed by atoms with van der Waals surface area (Å²) in [6, 6.07) is 10.6. The normalized spacial score (nSPS) is 10.7. The number of rotatable bonds is 2. The molecule has 0 amide bonds. The minimum Gasteiger partial charge on any atom is -0.278 e. The van der Waals surface area contributed by atoms with Gasteiger partial charge in [-0.25, -0.2) is 9.37 Å². The Morgan fingerprint density at radius 2 is 1.72 bits per heavy atom. The Balaban J connectivity index is 1.96. The van der Waals surface area contributed by atoms with Gasteiger partial charge in [-0.2, -0.15) is 0 Å². The van der Waals surface area contributed by atoms with Gasteiger partial charge < -0.3 is 0 Å². The highest BCUT2D eigenvalue weighted by atomic mass is 32.1. The van der Waals surface area contributed by atoms with E-state index < -0.39 is 0 Å². The predicted molar refractivity (Wildman–Crippen MR) is 74.0 cm³/mol. The number of H-pyrrole nitrogens is 1. The van der Waals surface area contributed by atoms with Crippen molar-refractivity contribution in [3.63, 3.8) is 0 Å². The molecule has 5 heteroatoms. The number of thiophene rings is 1. The zero-order chi connectivity index (χ0) is 12.5. The van der Waals surface area contributed by atoms with Crippen molar-refractivity contribution in [3.8, 4) is 21.0 Å². The van der Waals surface area contributed by atoms with Crippen molar-refractivity contribution >= 4 is 27.8 Å². The van der Waals surface area contributed by atoms with E-state index in [0.29, 0.717) is 5.13 Å². The molecule has 0 spiro atoms. The molecule has 3 rings (SSSR count). The zero-order valence-corrected chi connectivity index (χ0v) is 10.9. The molecule has 18 heavy (non-hydrogen) atoms. The largest absolute Gasteiger partial charge is 0.329 e. The van der Waals surface area contributed by atoms with Crippen LogP contribution in [-0.2, 0) is 0 Å². The zero-order valence-electron chi connectivity index (χ0n) is 9.31. The van der Waals surface area contributed by atoms with E-state index in [1.54, 1.807) is 23.5 Å². The van der Waals surface area contributed by atoms with E-state index in [0.717, 1.165) is 21.0 Å². The fraction of sp³-hybridized carbons (Fsp3) is 0. The number of nitrogens with one attached hydrogen (secondary N) is 1. The summed E-state index contributed by atoms with van der Waals surface area (Å²) in [7, 11) is 0. The van der Waals surface area contributed by atoms with Crippen molar-refractivity contribution in [2.24, 2.45) is 0 Å². The molecule has 90 valence electrons. The average molecular weight is 277 g/mol. The molecule has 0 aliphatic rings. The summed E-state index contributed by atoms with van der Waals surface area (Å²) in [4.78, 5) is 5.35. The van der Waals surface area contributed by atoms with Crippen LogP contribution in [0, 0.1) is 5.82 Å². The molecule has 2 heterocycles. The first-order valence-electron chi connectivity index (χ1n) is 5.35. The highest BCUT2D eigenvalue weighted by molar-refractivity contribution is 7.19. The van der Waals surface area contributed by atoms with E-state index in [-0.39, 0.29) is 5.82 Å². The van der Waals surface area contributed by atoms with E-state index in [1.165, 1.54) is 23.5 Å². The summed E-state index contributed by atoms with van der Waals surface area (Å²) in [6.45, 7) is 0. The highest BCUT2D eigenvalue weighted by Crippen LogP contribution is 2.33. The van der Waals surface area contributed by atoms with Crippen molar-refractivity contribution < 1.29 is 9.37 Å². The molecule has 2 nitrogen and oxygen atoms in total. The van der Waals surface area contributed by atoms with Gasteiger partial charge in [0, 0.05) is 10.3 Å². The molecular formula is C13H10FN2S2+. The monoisotopic (exact) mass is 277 g/mol. The maximum absolute atomic E-state index is 12.9. The lowest BCUT2D eigenvalue weighted by molar-refractivity contribution is -0.340. The van der Waals surface area contributed by atoms with Gasteiger partial charge in [-0.1, -0.05) is 23.5 Å². The van der Waals surface area contributed by atoms with Crippen LogP contribution in [0.5, 0.6) is 0 Å². The first-order valence-corrected chi connectivity index (χ1v) is 7.04. The number of aromatic amines is 1. The molecule has 0 bridgehead atoms. The number of anilines is 1. The molecule has 0 unspecified atom stereocenters. The van der Waals surface area contributed by atoms with Crippen molar-refractivity contribution in [2.45, 2.75) is 0 Å². The van der Waals surface area contributed by atoms with Crippen LogP contribution in [0.25, 0.3) is 21.0 Å². The van der Waals surface area contributed by atoms with Crippen molar-refractivity contribution in [2.75, 3.05) is 5.73 Å². The average Bonchev–Trinajstić information content (AvgIpc) is 2.98. The second-order valence-corrected chi connectivity index (χ2v) is 5.80. The second-order valence-electron chi connectivity index (χ2n) is 3.81. The van der Waals surface area contributed by atoms with Gasteiger partial charge in [0.2, 0.25) is 0 Å². The first kappa shape index (κ1) is 11.4. The minimum atomic E-state index is -0.213. The Hall–Kier alpha value is -1.72. The number of halogens is 1. The van der Waals surface area contributed by atoms with Gasteiger partial charge in [0.15, 0.2) is 5.69 Å². The number of nitrogens with two attached hydrogens (primary N) is 1. The standard InChI is InChI=1S/C13H9FN2S2/c14-9-3-1-8(2-4-9)11-5-6-12(18-11)10-7-17-13(15)16-10/h1-7H,(H2,15,16)/p+1. The summed E-state index contributed by atoms with van der Waals surface area (Å²) in [6.07, 6.45) is 0. The Bertz CT molecular complexity index is 670. The van der Waals surface area contributed by atoms with E-state index in [2.05, 4.69) is 4.98 Å². The van der Waals surface area contributed by atoms with Crippen LogP contribution in [0.15, 0.2) is 41.8 Å². The predicted octanol–water partition coefficient (Wildman–Crippen LogP) is 3.68. The van der Waals surface area contributed by atoms with Gasteiger partial charge in [-0.05, 0) is 29.8 Å².